The number of fused-ring (bicyclic) bond motifs is 1. The highest BCUT2D eigenvalue weighted by Gasteiger charge is 2.16. The van der Waals surface area contributed by atoms with Crippen molar-refractivity contribution in [2.45, 2.75) is 26.0 Å². The molecule has 96 valence electrons. The van der Waals surface area contributed by atoms with E-state index in [1.165, 1.54) is 0 Å². The van der Waals surface area contributed by atoms with Crippen LogP contribution in [0.25, 0.3) is 11.0 Å². The molecule has 18 heavy (non-hydrogen) atoms. The molecule has 0 saturated heterocycles. The number of rotatable bonds is 4. The van der Waals surface area contributed by atoms with Crippen LogP contribution in [-0.4, -0.2) is 33.2 Å². The van der Waals surface area contributed by atoms with E-state index in [2.05, 4.69) is 10.3 Å². The normalized spacial score (nSPS) is 14.4. The monoisotopic (exact) mass is 247 g/mol. The maximum atomic E-state index is 11.9. The third kappa shape index (κ3) is 2.51. The molecule has 1 heterocycles. The summed E-state index contributed by atoms with van der Waals surface area (Å²) in [6.07, 6.45) is 1.12. The second kappa shape index (κ2) is 5.18. The summed E-state index contributed by atoms with van der Waals surface area (Å²) >= 11 is 0. The number of aliphatic hydroxyl groups is 1. The fourth-order valence-electron chi connectivity index (χ4n) is 1.81. The molecule has 2 N–H and O–H groups in total. The summed E-state index contributed by atoms with van der Waals surface area (Å²) in [6.45, 7) is 3.71. The number of aromatic nitrogens is 2. The first-order valence-corrected chi connectivity index (χ1v) is 5.97. The predicted octanol–water partition coefficient (Wildman–Crippen LogP) is 1.09. The summed E-state index contributed by atoms with van der Waals surface area (Å²) in [7, 11) is 0. The van der Waals surface area contributed by atoms with Crippen LogP contribution in [0.1, 0.15) is 19.9 Å². The van der Waals surface area contributed by atoms with Gasteiger partial charge in [-0.1, -0.05) is 12.1 Å². The molecule has 2 rings (SSSR count). The van der Waals surface area contributed by atoms with Gasteiger partial charge in [0.05, 0.1) is 23.5 Å². The summed E-state index contributed by atoms with van der Waals surface area (Å²) in [5.74, 6) is -0.126. The quantitative estimate of drug-likeness (QED) is 0.850. The number of benzene rings is 1. The van der Waals surface area contributed by atoms with Gasteiger partial charge in [0.25, 0.3) is 0 Å². The van der Waals surface area contributed by atoms with Crippen LogP contribution >= 0.6 is 0 Å². The van der Waals surface area contributed by atoms with Gasteiger partial charge in [-0.3, -0.25) is 4.79 Å². The molecule has 5 heteroatoms. The number of hydrogen-bond acceptors (Lipinski definition) is 3. The summed E-state index contributed by atoms with van der Waals surface area (Å²) in [5.41, 5.74) is 1.80. The molecule has 0 aliphatic heterocycles. The lowest BCUT2D eigenvalue weighted by molar-refractivity contribution is -0.124. The molecule has 0 spiro atoms. The van der Waals surface area contributed by atoms with Crippen LogP contribution in [0.4, 0.5) is 0 Å². The van der Waals surface area contributed by atoms with Crippen LogP contribution in [0, 0.1) is 0 Å². The maximum Gasteiger partial charge on any atom is 0.242 e. The van der Waals surface area contributed by atoms with Crippen molar-refractivity contribution >= 4 is 16.9 Å². The minimum atomic E-state index is -0.541. The van der Waals surface area contributed by atoms with Crippen molar-refractivity contribution in [2.75, 3.05) is 6.54 Å². The average molecular weight is 247 g/mol. The molecule has 0 aliphatic carbocycles. The molecule has 1 aromatic heterocycles. The molecule has 1 aromatic carbocycles. The Kier molecular flexibility index (Phi) is 3.62. The van der Waals surface area contributed by atoms with Gasteiger partial charge in [0.2, 0.25) is 5.91 Å². The highest BCUT2D eigenvalue weighted by Crippen LogP contribution is 2.17. The number of nitrogens with zero attached hydrogens (tertiary/aromatic N) is 2. The van der Waals surface area contributed by atoms with Crippen LogP contribution in [0.5, 0.6) is 0 Å². The topological polar surface area (TPSA) is 67.2 Å². The second-order valence-corrected chi connectivity index (χ2v) is 4.41. The van der Waals surface area contributed by atoms with Crippen molar-refractivity contribution in [3.63, 3.8) is 0 Å². The van der Waals surface area contributed by atoms with Gasteiger partial charge in [0.1, 0.15) is 6.04 Å². The number of imidazole rings is 1. The van der Waals surface area contributed by atoms with E-state index in [-0.39, 0.29) is 18.5 Å². The first-order valence-electron chi connectivity index (χ1n) is 5.97. The Balaban J connectivity index is 2.18. The van der Waals surface area contributed by atoms with Crippen LogP contribution < -0.4 is 5.32 Å². The highest BCUT2D eigenvalue weighted by molar-refractivity contribution is 5.83. The number of amides is 1. The van der Waals surface area contributed by atoms with Crippen LogP contribution in [0.2, 0.25) is 0 Å². The Bertz CT molecular complexity index is 548. The van der Waals surface area contributed by atoms with Gasteiger partial charge < -0.3 is 15.0 Å². The minimum Gasteiger partial charge on any atom is -0.392 e. The Morgan fingerprint density at radius 3 is 2.89 bits per heavy atom. The van der Waals surface area contributed by atoms with E-state index < -0.39 is 6.10 Å². The molecule has 2 unspecified atom stereocenters. The Morgan fingerprint density at radius 1 is 1.44 bits per heavy atom. The molecule has 1 amide bonds. The van der Waals surface area contributed by atoms with Crippen LogP contribution in [0.3, 0.4) is 0 Å². The van der Waals surface area contributed by atoms with Gasteiger partial charge in [-0.2, -0.15) is 0 Å². The summed E-state index contributed by atoms with van der Waals surface area (Å²) in [6, 6.07) is 7.32. The van der Waals surface area contributed by atoms with Gasteiger partial charge in [-0.15, -0.1) is 0 Å². The van der Waals surface area contributed by atoms with E-state index in [1.54, 1.807) is 13.3 Å². The largest absolute Gasteiger partial charge is 0.392 e. The molecule has 0 bridgehead atoms. The number of carbonyl (C=O) groups is 1. The maximum absolute atomic E-state index is 11.9. The second-order valence-electron chi connectivity index (χ2n) is 4.41. The molecule has 0 fully saturated rings. The number of aliphatic hydroxyl groups excluding tert-OH is 1. The SMILES string of the molecule is CC(O)CNC(=O)C(C)n1cnc2ccccc21. The van der Waals surface area contributed by atoms with Crippen molar-refractivity contribution in [2.24, 2.45) is 0 Å². The van der Waals surface area contributed by atoms with Crippen molar-refractivity contribution in [3.8, 4) is 0 Å². The number of hydrogen-bond donors (Lipinski definition) is 2. The van der Waals surface area contributed by atoms with Crippen LogP contribution in [-0.2, 0) is 4.79 Å². The zero-order chi connectivity index (χ0) is 13.1. The van der Waals surface area contributed by atoms with E-state index in [9.17, 15) is 4.79 Å². The third-order valence-electron chi connectivity index (χ3n) is 2.85. The third-order valence-corrected chi connectivity index (χ3v) is 2.85. The van der Waals surface area contributed by atoms with Crippen LogP contribution in [0.15, 0.2) is 30.6 Å². The fraction of sp³-hybridized carbons (Fsp3) is 0.385. The zero-order valence-electron chi connectivity index (χ0n) is 10.5. The molecule has 0 radical (unpaired) electrons. The summed E-state index contributed by atoms with van der Waals surface area (Å²) in [5, 5.41) is 11.8. The molecule has 2 aromatic rings. The van der Waals surface area contributed by atoms with Crippen molar-refractivity contribution in [1.29, 1.82) is 0 Å². The number of para-hydroxylation sites is 2. The zero-order valence-corrected chi connectivity index (χ0v) is 10.5. The van der Waals surface area contributed by atoms with E-state index in [4.69, 9.17) is 5.11 Å². The lowest BCUT2D eigenvalue weighted by atomic mass is 10.2. The molecule has 0 aliphatic rings. The Hall–Kier alpha value is -1.88. The predicted molar refractivity (Wildman–Crippen MR) is 69.1 cm³/mol. The molecule has 5 nitrogen and oxygen atoms in total. The fourth-order valence-corrected chi connectivity index (χ4v) is 1.81. The van der Waals surface area contributed by atoms with Gasteiger partial charge in [0.15, 0.2) is 0 Å². The summed E-state index contributed by atoms with van der Waals surface area (Å²) in [4.78, 5) is 16.2. The summed E-state index contributed by atoms with van der Waals surface area (Å²) < 4.78 is 1.83. The minimum absolute atomic E-state index is 0.126. The molecule has 2 atom stereocenters. The Labute approximate surface area is 105 Å². The Morgan fingerprint density at radius 2 is 2.17 bits per heavy atom. The van der Waals surface area contributed by atoms with Gasteiger partial charge in [0, 0.05) is 6.54 Å². The number of carbonyl (C=O) groups excluding carboxylic acids is 1. The van der Waals surface area contributed by atoms with E-state index in [0.717, 1.165) is 11.0 Å². The lowest BCUT2D eigenvalue weighted by Crippen LogP contribution is -2.35. The standard InChI is InChI=1S/C13H17N3O2/c1-9(17)7-14-13(18)10(2)16-8-15-11-5-3-4-6-12(11)16/h3-6,8-10,17H,7H2,1-2H3,(H,14,18). The van der Waals surface area contributed by atoms with Crippen molar-refractivity contribution in [1.82, 2.24) is 14.9 Å². The molecule has 0 saturated carbocycles. The van der Waals surface area contributed by atoms with E-state index in [0.29, 0.717) is 0 Å². The van der Waals surface area contributed by atoms with Gasteiger partial charge in [-0.05, 0) is 26.0 Å². The van der Waals surface area contributed by atoms with Gasteiger partial charge >= 0.3 is 0 Å². The average Bonchev–Trinajstić information content (AvgIpc) is 2.78. The number of nitrogens with one attached hydrogen (secondary N) is 1. The highest BCUT2D eigenvalue weighted by atomic mass is 16.3. The van der Waals surface area contributed by atoms with E-state index in [1.807, 2.05) is 35.8 Å². The smallest absolute Gasteiger partial charge is 0.242 e. The molecular formula is C13H17N3O2. The van der Waals surface area contributed by atoms with E-state index >= 15 is 0 Å². The van der Waals surface area contributed by atoms with Gasteiger partial charge in [-0.25, -0.2) is 4.98 Å². The van der Waals surface area contributed by atoms with Crippen molar-refractivity contribution < 1.29 is 9.90 Å². The first kappa shape index (κ1) is 12.6. The van der Waals surface area contributed by atoms with Crippen molar-refractivity contribution in [3.05, 3.63) is 30.6 Å². The molecular weight excluding hydrogens is 230 g/mol. The first-order chi connectivity index (χ1) is 8.59. The lowest BCUT2D eigenvalue weighted by Gasteiger charge is -2.15.